The van der Waals surface area contributed by atoms with E-state index in [0.29, 0.717) is 28.4 Å². The number of carbonyl (C=O) groups is 2. The van der Waals surface area contributed by atoms with Crippen LogP contribution in [0, 0.1) is 5.92 Å². The fourth-order valence-corrected chi connectivity index (χ4v) is 4.35. The molecule has 0 fully saturated rings. The fraction of sp³-hybridized carbons (Fsp3) is 0.391. The fourth-order valence-electron chi connectivity index (χ4n) is 4.35. The molecule has 0 unspecified atom stereocenters. The summed E-state index contributed by atoms with van der Waals surface area (Å²) in [6, 6.07) is 6.68. The van der Waals surface area contributed by atoms with Crippen LogP contribution < -0.4 is 28.4 Å². The van der Waals surface area contributed by atoms with Crippen LogP contribution in [-0.2, 0) is 9.59 Å². The van der Waals surface area contributed by atoms with E-state index in [1.54, 1.807) is 24.3 Å². The van der Waals surface area contributed by atoms with Crippen molar-refractivity contribution in [3.05, 3.63) is 35.4 Å². The maximum Gasteiger partial charge on any atom is 0.308 e. The van der Waals surface area contributed by atoms with E-state index >= 15 is 0 Å². The van der Waals surface area contributed by atoms with Gasteiger partial charge in [0, 0.05) is 31.4 Å². The Kier molecular flexibility index (Phi) is 5.37. The van der Waals surface area contributed by atoms with Crippen molar-refractivity contribution in [3.63, 3.8) is 0 Å². The average Bonchev–Trinajstić information content (AvgIpc) is 3.17. The van der Waals surface area contributed by atoms with Crippen molar-refractivity contribution in [2.24, 2.45) is 5.92 Å². The summed E-state index contributed by atoms with van der Waals surface area (Å²) in [6.45, 7) is 4.18. The third kappa shape index (κ3) is 3.58. The lowest BCUT2D eigenvalue weighted by Crippen LogP contribution is -2.50. The Morgan fingerprint density at radius 3 is 2.12 bits per heavy atom. The summed E-state index contributed by atoms with van der Waals surface area (Å²) >= 11 is 0. The third-order valence-electron chi connectivity index (χ3n) is 5.59. The zero-order chi connectivity index (χ0) is 23.2. The Hall–Kier alpha value is -3.46. The van der Waals surface area contributed by atoms with Crippen molar-refractivity contribution in [3.8, 4) is 34.5 Å². The third-order valence-corrected chi connectivity index (χ3v) is 5.59. The summed E-state index contributed by atoms with van der Waals surface area (Å²) in [5.74, 6) is -2.24. The van der Waals surface area contributed by atoms with Gasteiger partial charge in [-0.05, 0) is 30.7 Å². The van der Waals surface area contributed by atoms with E-state index in [-0.39, 0.29) is 29.8 Å². The number of ether oxygens (including phenoxy) is 6. The first-order chi connectivity index (χ1) is 15.2. The van der Waals surface area contributed by atoms with Gasteiger partial charge in [0.2, 0.25) is 18.3 Å². The Labute approximate surface area is 184 Å². The summed E-state index contributed by atoms with van der Waals surface area (Å²) in [5, 5.41) is 11.1. The van der Waals surface area contributed by atoms with Gasteiger partial charge in [-0.15, -0.1) is 0 Å². The van der Waals surface area contributed by atoms with Gasteiger partial charge in [0.05, 0.1) is 20.1 Å². The molecule has 0 aromatic heterocycles. The molecule has 4 rings (SSSR count). The second-order valence-electron chi connectivity index (χ2n) is 7.81. The van der Waals surface area contributed by atoms with E-state index < -0.39 is 23.6 Å². The van der Waals surface area contributed by atoms with Gasteiger partial charge in [-0.3, -0.25) is 9.59 Å². The number of ketones is 1. The van der Waals surface area contributed by atoms with Crippen LogP contribution in [0.2, 0.25) is 0 Å². The van der Waals surface area contributed by atoms with E-state index in [0.717, 1.165) is 0 Å². The lowest BCUT2D eigenvalue weighted by Gasteiger charge is -2.42. The number of methoxy groups -OCH3 is 2. The lowest BCUT2D eigenvalue weighted by molar-refractivity contribution is -0.181. The van der Waals surface area contributed by atoms with E-state index in [2.05, 4.69) is 0 Å². The van der Waals surface area contributed by atoms with E-state index in [4.69, 9.17) is 28.4 Å². The molecule has 2 aliphatic rings. The molecule has 0 amide bonds. The zero-order valence-corrected chi connectivity index (χ0v) is 18.4. The largest absolute Gasteiger partial charge is 0.493 e. The van der Waals surface area contributed by atoms with Gasteiger partial charge in [-0.2, -0.15) is 0 Å². The van der Waals surface area contributed by atoms with Gasteiger partial charge in [0.25, 0.3) is 0 Å². The van der Waals surface area contributed by atoms with Crippen LogP contribution in [0.1, 0.15) is 37.8 Å². The van der Waals surface area contributed by atoms with Crippen molar-refractivity contribution in [2.45, 2.75) is 32.5 Å². The first-order valence-electron chi connectivity index (χ1n) is 9.96. The van der Waals surface area contributed by atoms with E-state index in [1.165, 1.54) is 35.0 Å². The van der Waals surface area contributed by atoms with Crippen molar-refractivity contribution in [2.75, 3.05) is 21.0 Å². The number of carbonyl (C=O) groups excluding carboxylic acids is 2. The number of hydrogen-bond acceptors (Lipinski definition) is 9. The highest BCUT2D eigenvalue weighted by Gasteiger charge is 2.50. The van der Waals surface area contributed by atoms with Crippen LogP contribution in [0.5, 0.6) is 34.5 Å². The molecule has 0 radical (unpaired) electrons. The van der Waals surface area contributed by atoms with Gasteiger partial charge in [-0.1, -0.05) is 0 Å². The molecule has 9 nitrogen and oxygen atoms in total. The predicted octanol–water partition coefficient (Wildman–Crippen LogP) is 2.80. The molecule has 2 aromatic rings. The molecule has 2 aliphatic heterocycles. The van der Waals surface area contributed by atoms with Gasteiger partial charge < -0.3 is 33.5 Å². The maximum absolute atomic E-state index is 12.7. The lowest BCUT2D eigenvalue weighted by atomic mass is 9.72. The van der Waals surface area contributed by atoms with Crippen molar-refractivity contribution in [1.82, 2.24) is 0 Å². The van der Waals surface area contributed by atoms with Crippen LogP contribution in [0.3, 0.4) is 0 Å². The van der Waals surface area contributed by atoms with Gasteiger partial charge in [-0.25, -0.2) is 0 Å². The number of rotatable bonds is 5. The first kappa shape index (κ1) is 21.8. The van der Waals surface area contributed by atoms with Gasteiger partial charge >= 0.3 is 5.97 Å². The minimum Gasteiger partial charge on any atom is -0.493 e. The second kappa shape index (κ2) is 7.90. The molecule has 0 bridgehead atoms. The minimum atomic E-state index is -1.80. The molecule has 0 spiro atoms. The molecule has 2 heterocycles. The monoisotopic (exact) mass is 444 g/mol. The van der Waals surface area contributed by atoms with Gasteiger partial charge in [0.15, 0.2) is 23.0 Å². The molecule has 9 heteroatoms. The zero-order valence-electron chi connectivity index (χ0n) is 18.4. The molecule has 32 heavy (non-hydrogen) atoms. The minimum absolute atomic E-state index is 0.0636. The molecule has 3 atom stereocenters. The highest BCUT2D eigenvalue weighted by atomic mass is 16.7. The van der Waals surface area contributed by atoms with Crippen LogP contribution in [0.15, 0.2) is 24.3 Å². The van der Waals surface area contributed by atoms with Crippen molar-refractivity contribution < 1.29 is 43.1 Å². The normalized spacial score (nSPS) is 23.1. The molecule has 1 N–H and O–H groups in total. The summed E-state index contributed by atoms with van der Waals surface area (Å²) in [4.78, 5) is 24.3. The Morgan fingerprint density at radius 1 is 1.00 bits per heavy atom. The number of esters is 1. The molecule has 0 saturated carbocycles. The SMILES string of the molecule is COc1cc([C@@H]2c3cc4c(cc3O[C@](C)(O)[C@@H]2C(C)=O)OCO4)cc(OC)c1OC(C)=O. The molecule has 0 saturated heterocycles. The maximum atomic E-state index is 12.7. The predicted molar refractivity (Wildman–Crippen MR) is 111 cm³/mol. The molecule has 0 aliphatic carbocycles. The topological polar surface area (TPSA) is 110 Å². The summed E-state index contributed by atoms with van der Waals surface area (Å²) in [7, 11) is 2.86. The van der Waals surface area contributed by atoms with Crippen LogP contribution in [0.25, 0.3) is 0 Å². The quantitative estimate of drug-likeness (QED) is 0.550. The van der Waals surface area contributed by atoms with Crippen LogP contribution >= 0.6 is 0 Å². The van der Waals surface area contributed by atoms with Crippen LogP contribution in [0.4, 0.5) is 0 Å². The summed E-state index contributed by atoms with van der Waals surface area (Å²) in [5.41, 5.74) is 1.23. The Bertz CT molecular complexity index is 1060. The molecular weight excluding hydrogens is 420 g/mol. The highest BCUT2D eigenvalue weighted by Crippen LogP contribution is 2.53. The summed E-state index contributed by atoms with van der Waals surface area (Å²) < 4.78 is 33.0. The number of fused-ring (bicyclic) bond motifs is 2. The number of hydrogen-bond donors (Lipinski definition) is 1. The number of benzene rings is 2. The van der Waals surface area contributed by atoms with E-state index in [1.807, 2.05) is 0 Å². The average molecular weight is 444 g/mol. The molecular formula is C23H24O9. The van der Waals surface area contributed by atoms with Crippen molar-refractivity contribution >= 4 is 11.8 Å². The highest BCUT2D eigenvalue weighted by molar-refractivity contribution is 5.82. The standard InChI is InChI=1S/C23H24O9/c1-11(24)21-20(13-6-18(27-4)22(31-12(2)25)19(7-13)28-5)14-8-16-17(30-10-29-16)9-15(14)32-23(21,3)26/h6-9,20-21,26H,10H2,1-5H3/t20-,21-,23+/m1/s1. The number of Topliss-reactive ketones (excluding diaryl/α,β-unsaturated/α-hetero) is 1. The second-order valence-corrected chi connectivity index (χ2v) is 7.81. The molecule has 170 valence electrons. The Morgan fingerprint density at radius 2 is 1.59 bits per heavy atom. The molecule has 2 aromatic carbocycles. The van der Waals surface area contributed by atoms with Crippen LogP contribution in [-0.4, -0.2) is 43.7 Å². The van der Waals surface area contributed by atoms with Crippen molar-refractivity contribution in [1.29, 1.82) is 0 Å². The first-order valence-corrected chi connectivity index (χ1v) is 9.96. The van der Waals surface area contributed by atoms with Gasteiger partial charge in [0.1, 0.15) is 11.5 Å². The summed E-state index contributed by atoms with van der Waals surface area (Å²) in [6.07, 6.45) is 0. The number of aliphatic hydroxyl groups is 1. The Balaban J connectivity index is 1.96. The smallest absolute Gasteiger partial charge is 0.308 e. The van der Waals surface area contributed by atoms with E-state index in [9.17, 15) is 14.7 Å².